The lowest BCUT2D eigenvalue weighted by molar-refractivity contribution is -0.117. The predicted molar refractivity (Wildman–Crippen MR) is 110 cm³/mol. The van der Waals surface area contributed by atoms with Gasteiger partial charge in [0.05, 0.1) is 0 Å². The first-order valence-electron chi connectivity index (χ1n) is 9.42. The molecule has 3 aromatic rings. The molecule has 0 radical (unpaired) electrons. The zero-order valence-corrected chi connectivity index (χ0v) is 16.6. The first kappa shape index (κ1) is 18.2. The molecule has 1 fully saturated rings. The fourth-order valence-electron chi connectivity index (χ4n) is 3.75. The van der Waals surface area contributed by atoms with Crippen LogP contribution in [0.25, 0.3) is 11.5 Å². The third kappa shape index (κ3) is 3.26. The van der Waals surface area contributed by atoms with Gasteiger partial charge in [0.1, 0.15) is 0 Å². The minimum absolute atomic E-state index is 0.0648. The number of aromatic nitrogens is 2. The Bertz CT molecular complexity index is 987. The number of carbonyl (C=O) groups excluding carboxylic acids is 1. The SMILES string of the molecule is Cc1cccc(C)c1N1CC(c2noc(-c3ccc(N(C)C)cc3)n2)CC1=O. The molecule has 0 N–H and O–H groups in total. The zero-order valence-electron chi connectivity index (χ0n) is 16.6. The number of nitrogens with zero attached hydrogens (tertiary/aromatic N) is 4. The number of aryl methyl sites for hydroxylation is 2. The van der Waals surface area contributed by atoms with Crippen molar-refractivity contribution in [1.29, 1.82) is 0 Å². The number of rotatable bonds is 4. The Morgan fingerprint density at radius 2 is 1.75 bits per heavy atom. The standard InChI is InChI=1S/C22H24N4O2/c1-14-6-5-7-15(2)20(14)26-13-17(12-19(26)27)21-23-22(28-24-21)16-8-10-18(11-9-16)25(3)4/h5-11,17H,12-13H2,1-4H3. The van der Waals surface area contributed by atoms with Crippen molar-refractivity contribution in [3.63, 3.8) is 0 Å². The van der Waals surface area contributed by atoms with Crippen LogP contribution in [0.4, 0.5) is 11.4 Å². The number of hydrogen-bond acceptors (Lipinski definition) is 5. The maximum absolute atomic E-state index is 12.7. The van der Waals surface area contributed by atoms with E-state index < -0.39 is 0 Å². The summed E-state index contributed by atoms with van der Waals surface area (Å²) in [7, 11) is 4.00. The topological polar surface area (TPSA) is 62.5 Å². The van der Waals surface area contributed by atoms with Gasteiger partial charge in [-0.05, 0) is 49.2 Å². The molecule has 1 aromatic heterocycles. The summed E-state index contributed by atoms with van der Waals surface area (Å²) in [6.07, 6.45) is 0.395. The molecule has 0 spiro atoms. The van der Waals surface area contributed by atoms with Crippen molar-refractivity contribution in [3.05, 3.63) is 59.4 Å². The van der Waals surface area contributed by atoms with E-state index in [0.717, 1.165) is 28.1 Å². The summed E-state index contributed by atoms with van der Waals surface area (Å²) in [6.45, 7) is 4.64. The molecule has 28 heavy (non-hydrogen) atoms. The molecule has 6 heteroatoms. The third-order valence-corrected chi connectivity index (χ3v) is 5.27. The first-order chi connectivity index (χ1) is 13.4. The Morgan fingerprint density at radius 3 is 2.39 bits per heavy atom. The average molecular weight is 376 g/mol. The van der Waals surface area contributed by atoms with Crippen LogP contribution in [0.3, 0.4) is 0 Å². The van der Waals surface area contributed by atoms with Crippen LogP contribution >= 0.6 is 0 Å². The summed E-state index contributed by atoms with van der Waals surface area (Å²) >= 11 is 0. The van der Waals surface area contributed by atoms with E-state index in [2.05, 4.69) is 10.1 Å². The van der Waals surface area contributed by atoms with Crippen molar-refractivity contribution in [2.24, 2.45) is 0 Å². The van der Waals surface area contributed by atoms with Gasteiger partial charge in [0.15, 0.2) is 5.82 Å². The van der Waals surface area contributed by atoms with E-state index in [0.29, 0.717) is 24.7 Å². The Labute approximate surface area is 164 Å². The summed E-state index contributed by atoms with van der Waals surface area (Å²) in [5.74, 6) is 1.11. The van der Waals surface area contributed by atoms with E-state index in [4.69, 9.17) is 4.52 Å². The molecule has 1 aliphatic rings. The van der Waals surface area contributed by atoms with Crippen molar-refractivity contribution in [3.8, 4) is 11.5 Å². The quantitative estimate of drug-likeness (QED) is 0.690. The molecule has 2 heterocycles. The summed E-state index contributed by atoms with van der Waals surface area (Å²) < 4.78 is 5.48. The second kappa shape index (κ2) is 7.11. The van der Waals surface area contributed by atoms with Crippen LogP contribution in [0.1, 0.15) is 29.3 Å². The highest BCUT2D eigenvalue weighted by molar-refractivity contribution is 5.97. The summed E-state index contributed by atoms with van der Waals surface area (Å²) in [5.41, 5.74) is 5.18. The minimum atomic E-state index is -0.0648. The molecule has 0 aliphatic carbocycles. The molecule has 1 unspecified atom stereocenters. The van der Waals surface area contributed by atoms with Gasteiger partial charge in [0, 0.05) is 49.9 Å². The zero-order chi connectivity index (χ0) is 19.8. The second-order valence-corrected chi connectivity index (χ2v) is 7.54. The van der Waals surface area contributed by atoms with Gasteiger partial charge in [0.2, 0.25) is 5.91 Å². The fraction of sp³-hybridized carbons (Fsp3) is 0.318. The van der Waals surface area contributed by atoms with E-state index in [-0.39, 0.29) is 11.8 Å². The monoisotopic (exact) mass is 376 g/mol. The van der Waals surface area contributed by atoms with Gasteiger partial charge in [-0.3, -0.25) is 4.79 Å². The van der Waals surface area contributed by atoms with Crippen LogP contribution in [-0.4, -0.2) is 36.7 Å². The normalized spacial score (nSPS) is 16.6. The Balaban J connectivity index is 1.56. The number of hydrogen-bond donors (Lipinski definition) is 0. The summed E-state index contributed by atoms with van der Waals surface area (Å²) in [5, 5.41) is 4.16. The molecule has 0 saturated carbocycles. The first-order valence-corrected chi connectivity index (χ1v) is 9.42. The second-order valence-electron chi connectivity index (χ2n) is 7.54. The molecular weight excluding hydrogens is 352 g/mol. The Hall–Kier alpha value is -3.15. The number of amides is 1. The van der Waals surface area contributed by atoms with Gasteiger partial charge in [-0.15, -0.1) is 0 Å². The van der Waals surface area contributed by atoms with E-state index in [9.17, 15) is 4.79 Å². The van der Waals surface area contributed by atoms with Gasteiger partial charge in [-0.2, -0.15) is 4.98 Å². The molecular formula is C22H24N4O2. The lowest BCUT2D eigenvalue weighted by Crippen LogP contribution is -2.26. The highest BCUT2D eigenvalue weighted by atomic mass is 16.5. The van der Waals surface area contributed by atoms with Crippen LogP contribution in [-0.2, 0) is 4.79 Å². The minimum Gasteiger partial charge on any atom is -0.378 e. The van der Waals surface area contributed by atoms with Crippen molar-refractivity contribution in [1.82, 2.24) is 10.1 Å². The highest BCUT2D eigenvalue weighted by Gasteiger charge is 2.35. The molecule has 0 bridgehead atoms. The van der Waals surface area contributed by atoms with Crippen LogP contribution in [0.5, 0.6) is 0 Å². The van der Waals surface area contributed by atoms with Gasteiger partial charge in [0.25, 0.3) is 5.89 Å². The van der Waals surface area contributed by atoms with Crippen LogP contribution < -0.4 is 9.80 Å². The van der Waals surface area contributed by atoms with Crippen LogP contribution in [0.2, 0.25) is 0 Å². The lowest BCUT2D eigenvalue weighted by atomic mass is 10.1. The van der Waals surface area contributed by atoms with Gasteiger partial charge < -0.3 is 14.3 Å². The van der Waals surface area contributed by atoms with E-state index >= 15 is 0 Å². The fourth-order valence-corrected chi connectivity index (χ4v) is 3.75. The summed E-state index contributed by atoms with van der Waals surface area (Å²) in [4.78, 5) is 21.1. The Morgan fingerprint density at radius 1 is 1.07 bits per heavy atom. The molecule has 1 amide bonds. The van der Waals surface area contributed by atoms with Crippen molar-refractivity contribution in [2.75, 3.05) is 30.4 Å². The molecule has 6 nitrogen and oxygen atoms in total. The molecule has 1 saturated heterocycles. The van der Waals surface area contributed by atoms with Gasteiger partial charge in [-0.1, -0.05) is 23.4 Å². The van der Waals surface area contributed by atoms with Gasteiger partial charge >= 0.3 is 0 Å². The molecule has 1 aliphatic heterocycles. The van der Waals surface area contributed by atoms with Gasteiger partial charge in [-0.25, -0.2) is 0 Å². The predicted octanol–water partition coefficient (Wildman–Crippen LogP) is 3.94. The number of anilines is 2. The molecule has 1 atom stereocenters. The largest absolute Gasteiger partial charge is 0.378 e. The van der Waals surface area contributed by atoms with Crippen LogP contribution in [0, 0.1) is 13.8 Å². The van der Waals surface area contributed by atoms with Crippen LogP contribution in [0.15, 0.2) is 47.0 Å². The molecule has 4 rings (SSSR count). The number of benzene rings is 2. The number of para-hydroxylation sites is 1. The smallest absolute Gasteiger partial charge is 0.257 e. The van der Waals surface area contributed by atoms with E-state index in [1.807, 2.05) is 80.2 Å². The van der Waals surface area contributed by atoms with Crippen molar-refractivity contribution >= 4 is 17.3 Å². The maximum Gasteiger partial charge on any atom is 0.257 e. The van der Waals surface area contributed by atoms with Crippen molar-refractivity contribution in [2.45, 2.75) is 26.2 Å². The lowest BCUT2D eigenvalue weighted by Gasteiger charge is -2.21. The van der Waals surface area contributed by atoms with E-state index in [1.165, 1.54) is 0 Å². The third-order valence-electron chi connectivity index (χ3n) is 5.27. The molecule has 2 aromatic carbocycles. The van der Waals surface area contributed by atoms with E-state index in [1.54, 1.807) is 0 Å². The highest BCUT2D eigenvalue weighted by Crippen LogP contribution is 2.34. The summed E-state index contributed by atoms with van der Waals surface area (Å²) in [6, 6.07) is 14.0. The van der Waals surface area contributed by atoms with Crippen molar-refractivity contribution < 1.29 is 9.32 Å². The Kier molecular flexibility index (Phi) is 4.63. The average Bonchev–Trinajstić information content (AvgIpc) is 3.29. The maximum atomic E-state index is 12.7. The molecule has 144 valence electrons. The number of carbonyl (C=O) groups is 1.